The van der Waals surface area contributed by atoms with Crippen LogP contribution in [0.15, 0.2) is 28.7 Å². The Morgan fingerprint density at radius 1 is 0.906 bits per heavy atom. The lowest BCUT2D eigenvalue weighted by molar-refractivity contribution is -0.138. The zero-order valence-electron chi connectivity index (χ0n) is 19.2. The molecular formula is C24H26BrN3O4. The fourth-order valence-electron chi connectivity index (χ4n) is 4.10. The van der Waals surface area contributed by atoms with E-state index in [1.165, 1.54) is 9.13 Å². The van der Waals surface area contributed by atoms with Crippen molar-refractivity contribution in [2.45, 2.75) is 54.5 Å². The Kier molecular flexibility index (Phi) is 4.83. The molecule has 168 valence electrons. The molecule has 1 atom stereocenters. The van der Waals surface area contributed by atoms with Crippen molar-refractivity contribution in [1.29, 1.82) is 0 Å². The Hall–Kier alpha value is -2.74. The molecule has 8 heteroatoms. The van der Waals surface area contributed by atoms with Gasteiger partial charge < -0.3 is 0 Å². The molecule has 1 aliphatic rings. The van der Waals surface area contributed by atoms with Gasteiger partial charge in [-0.3, -0.25) is 33.2 Å². The number of aromatic nitrogens is 2. The molecule has 0 bridgehead atoms. The highest BCUT2D eigenvalue weighted by molar-refractivity contribution is 9.10. The van der Waals surface area contributed by atoms with Gasteiger partial charge in [-0.15, -0.1) is 0 Å². The van der Waals surface area contributed by atoms with E-state index in [4.69, 9.17) is 0 Å². The summed E-state index contributed by atoms with van der Waals surface area (Å²) in [5.41, 5.74) is -0.435. The monoisotopic (exact) mass is 499 g/mol. The van der Waals surface area contributed by atoms with Crippen LogP contribution in [0.1, 0.15) is 68.5 Å². The number of amides is 2. The van der Waals surface area contributed by atoms with Crippen molar-refractivity contribution in [3.63, 3.8) is 0 Å². The molecule has 7 nitrogen and oxygen atoms in total. The van der Waals surface area contributed by atoms with Gasteiger partial charge in [-0.1, -0.05) is 57.5 Å². The van der Waals surface area contributed by atoms with Crippen LogP contribution in [0, 0.1) is 10.8 Å². The molecule has 0 spiro atoms. The number of carbonyl (C=O) groups is 4. The van der Waals surface area contributed by atoms with E-state index in [0.717, 1.165) is 14.8 Å². The van der Waals surface area contributed by atoms with Gasteiger partial charge in [0, 0.05) is 26.1 Å². The zero-order chi connectivity index (χ0) is 23.9. The Morgan fingerprint density at radius 2 is 1.50 bits per heavy atom. The Bertz CT molecular complexity index is 1350. The molecule has 3 aromatic rings. The van der Waals surface area contributed by atoms with Crippen LogP contribution in [0.3, 0.4) is 0 Å². The fraction of sp³-hybridized carbons (Fsp3) is 0.417. The molecule has 4 rings (SSSR count). The van der Waals surface area contributed by atoms with Crippen LogP contribution >= 0.6 is 15.9 Å². The number of hydrogen-bond acceptors (Lipinski definition) is 4. The first-order valence-electron chi connectivity index (χ1n) is 10.5. The maximum absolute atomic E-state index is 13.5. The van der Waals surface area contributed by atoms with Gasteiger partial charge in [-0.2, -0.15) is 0 Å². The molecule has 0 radical (unpaired) electrons. The first-order chi connectivity index (χ1) is 14.7. The third-order valence-electron chi connectivity index (χ3n) is 5.78. The number of benzene rings is 1. The maximum atomic E-state index is 13.5. The molecule has 2 aromatic heterocycles. The van der Waals surface area contributed by atoms with E-state index in [1.807, 2.05) is 39.0 Å². The summed E-state index contributed by atoms with van der Waals surface area (Å²) in [4.78, 5) is 54.5. The molecule has 0 fully saturated rings. The summed E-state index contributed by atoms with van der Waals surface area (Å²) < 4.78 is 3.65. The number of nitrogens with zero attached hydrogens (tertiary/aromatic N) is 3. The third-order valence-corrected chi connectivity index (χ3v) is 6.28. The van der Waals surface area contributed by atoms with Crippen LogP contribution < -0.4 is 0 Å². The summed E-state index contributed by atoms with van der Waals surface area (Å²) in [5, 5.41) is 1.36. The molecular weight excluding hydrogens is 474 g/mol. The topological polar surface area (TPSA) is 81.4 Å². The van der Waals surface area contributed by atoms with Crippen LogP contribution in [-0.2, 0) is 4.79 Å². The summed E-state index contributed by atoms with van der Waals surface area (Å²) in [6.07, 6.45) is 0. The SMILES string of the molecule is C[C@@H]1C(=O)n2c(cc3c4cc(Br)ccc4n(C(=O)C(C)(C)C)c32)C(=O)N1C(=O)C(C)(C)C. The predicted molar refractivity (Wildman–Crippen MR) is 126 cm³/mol. The number of imide groups is 1. The Morgan fingerprint density at radius 3 is 2.06 bits per heavy atom. The van der Waals surface area contributed by atoms with E-state index >= 15 is 0 Å². The first kappa shape index (κ1) is 22.5. The largest absolute Gasteiger partial charge is 0.278 e. The van der Waals surface area contributed by atoms with Gasteiger partial charge >= 0.3 is 0 Å². The lowest BCUT2D eigenvalue weighted by Gasteiger charge is -2.35. The quantitative estimate of drug-likeness (QED) is 0.430. The maximum Gasteiger partial charge on any atom is 0.278 e. The van der Waals surface area contributed by atoms with Gasteiger partial charge in [-0.05, 0) is 31.2 Å². The average molecular weight is 500 g/mol. The number of halogens is 1. The lowest BCUT2D eigenvalue weighted by Crippen LogP contribution is -2.56. The number of rotatable bonds is 0. The smallest absolute Gasteiger partial charge is 0.274 e. The van der Waals surface area contributed by atoms with Crippen molar-refractivity contribution in [2.75, 3.05) is 0 Å². The molecule has 0 unspecified atom stereocenters. The van der Waals surface area contributed by atoms with E-state index in [2.05, 4.69) is 15.9 Å². The zero-order valence-corrected chi connectivity index (χ0v) is 20.8. The van der Waals surface area contributed by atoms with Crippen molar-refractivity contribution in [3.8, 4) is 0 Å². The standard InChI is InChI=1S/C24H26BrN3O4/c1-12-19(29)27-17(20(30)26(12)21(31)23(2,3)4)11-15-14-10-13(25)8-9-16(14)28(18(15)27)22(32)24(5,6)7/h8-12H,1-7H3/t12-/m1/s1. The minimum atomic E-state index is -0.986. The third kappa shape index (κ3) is 3.07. The van der Waals surface area contributed by atoms with Crippen molar-refractivity contribution < 1.29 is 19.2 Å². The molecule has 1 aliphatic heterocycles. The van der Waals surface area contributed by atoms with Crippen LogP contribution in [0.5, 0.6) is 0 Å². The van der Waals surface area contributed by atoms with Crippen LogP contribution in [-0.4, -0.2) is 43.7 Å². The van der Waals surface area contributed by atoms with Crippen molar-refractivity contribution >= 4 is 61.5 Å². The van der Waals surface area contributed by atoms with Crippen LogP contribution in [0.2, 0.25) is 0 Å². The van der Waals surface area contributed by atoms with Gasteiger partial charge in [0.1, 0.15) is 17.4 Å². The summed E-state index contributed by atoms with van der Waals surface area (Å²) in [6, 6.07) is 6.16. The predicted octanol–water partition coefficient (Wildman–Crippen LogP) is 5.10. The fourth-order valence-corrected chi connectivity index (χ4v) is 4.46. The van der Waals surface area contributed by atoms with Crippen molar-refractivity contribution in [1.82, 2.24) is 14.0 Å². The normalized spacial score (nSPS) is 17.4. The van der Waals surface area contributed by atoms with Crippen LogP contribution in [0.25, 0.3) is 21.9 Å². The minimum absolute atomic E-state index is 0.0908. The van der Waals surface area contributed by atoms with E-state index in [-0.39, 0.29) is 11.6 Å². The summed E-state index contributed by atoms with van der Waals surface area (Å²) in [6.45, 7) is 12.1. The highest BCUT2D eigenvalue weighted by atomic mass is 79.9. The molecule has 3 heterocycles. The van der Waals surface area contributed by atoms with E-state index in [1.54, 1.807) is 33.8 Å². The average Bonchev–Trinajstić information content (AvgIpc) is 3.19. The summed E-state index contributed by atoms with van der Waals surface area (Å²) in [5.74, 6) is -1.56. The second-order valence-electron chi connectivity index (χ2n) is 10.4. The van der Waals surface area contributed by atoms with Gasteiger partial charge in [0.2, 0.25) is 11.8 Å². The molecule has 0 saturated heterocycles. The lowest BCUT2D eigenvalue weighted by atomic mass is 9.93. The molecule has 1 aromatic carbocycles. The molecule has 32 heavy (non-hydrogen) atoms. The molecule has 2 amide bonds. The van der Waals surface area contributed by atoms with Gasteiger partial charge in [0.15, 0.2) is 0 Å². The van der Waals surface area contributed by atoms with Crippen LogP contribution in [0.4, 0.5) is 0 Å². The Labute approximate surface area is 194 Å². The van der Waals surface area contributed by atoms with Gasteiger partial charge in [-0.25, -0.2) is 0 Å². The number of carbonyl (C=O) groups excluding carboxylic acids is 4. The second kappa shape index (κ2) is 6.88. The number of hydrogen-bond donors (Lipinski definition) is 0. The highest BCUT2D eigenvalue weighted by Crippen LogP contribution is 2.38. The molecule has 0 N–H and O–H groups in total. The van der Waals surface area contributed by atoms with E-state index in [0.29, 0.717) is 16.6 Å². The Balaban J connectivity index is 2.10. The highest BCUT2D eigenvalue weighted by Gasteiger charge is 2.45. The summed E-state index contributed by atoms with van der Waals surface area (Å²) >= 11 is 3.47. The molecule has 0 aliphatic carbocycles. The van der Waals surface area contributed by atoms with Gasteiger partial charge in [0.05, 0.1) is 5.52 Å². The first-order valence-corrected chi connectivity index (χ1v) is 11.3. The second-order valence-corrected chi connectivity index (χ2v) is 11.3. The summed E-state index contributed by atoms with van der Waals surface area (Å²) in [7, 11) is 0. The van der Waals surface area contributed by atoms with Crippen molar-refractivity contribution in [2.24, 2.45) is 10.8 Å². The molecule has 0 saturated carbocycles. The van der Waals surface area contributed by atoms with Crippen molar-refractivity contribution in [3.05, 3.63) is 34.4 Å². The minimum Gasteiger partial charge on any atom is -0.274 e. The van der Waals surface area contributed by atoms with E-state index in [9.17, 15) is 19.2 Å². The van der Waals surface area contributed by atoms with E-state index < -0.39 is 34.6 Å². The number of fused-ring (bicyclic) bond motifs is 5. The van der Waals surface area contributed by atoms with Gasteiger partial charge in [0.25, 0.3) is 11.8 Å².